The van der Waals surface area contributed by atoms with Crippen LogP contribution in [-0.4, -0.2) is 24.9 Å². The van der Waals surface area contributed by atoms with Crippen LogP contribution in [0.1, 0.15) is 18.4 Å². The predicted molar refractivity (Wildman–Crippen MR) is 68.7 cm³/mol. The third-order valence-corrected chi connectivity index (χ3v) is 2.82. The molecule has 6 heteroatoms. The van der Waals surface area contributed by atoms with Gasteiger partial charge in [-0.2, -0.15) is 0 Å². The summed E-state index contributed by atoms with van der Waals surface area (Å²) in [5.41, 5.74) is 2.33. The normalized spacial score (nSPS) is 13.2. The van der Waals surface area contributed by atoms with Gasteiger partial charge in [0.2, 0.25) is 11.8 Å². The average molecular weight is 262 g/mol. The highest BCUT2D eigenvalue weighted by molar-refractivity contribution is 6.02. The highest BCUT2D eigenvalue weighted by Gasteiger charge is 2.16. The molecule has 0 radical (unpaired) electrons. The molecule has 2 N–H and O–H groups in total. The molecular formula is C13H14N2O4. The molecule has 0 bridgehead atoms. The van der Waals surface area contributed by atoms with Crippen LogP contribution in [0.25, 0.3) is 0 Å². The molecule has 100 valence electrons. The van der Waals surface area contributed by atoms with Crippen LogP contribution in [-0.2, 0) is 25.5 Å². The Balaban J connectivity index is 2.04. The quantitative estimate of drug-likeness (QED) is 0.630. The molecular weight excluding hydrogens is 248 g/mol. The number of carbonyl (C=O) groups excluding carboxylic acids is 3. The molecule has 0 spiro atoms. The van der Waals surface area contributed by atoms with E-state index in [0.717, 1.165) is 11.3 Å². The molecule has 0 aromatic heterocycles. The first kappa shape index (κ1) is 13.1. The van der Waals surface area contributed by atoms with Crippen LogP contribution in [0.5, 0.6) is 0 Å². The van der Waals surface area contributed by atoms with Crippen LogP contribution >= 0.6 is 0 Å². The van der Waals surface area contributed by atoms with Gasteiger partial charge < -0.3 is 15.4 Å². The van der Waals surface area contributed by atoms with Crippen molar-refractivity contribution in [2.24, 2.45) is 0 Å². The summed E-state index contributed by atoms with van der Waals surface area (Å²) in [6, 6.07) is 5.21. The summed E-state index contributed by atoms with van der Waals surface area (Å²) in [6.45, 7) is 0. The Bertz CT molecular complexity index is 539. The van der Waals surface area contributed by atoms with Crippen molar-refractivity contribution in [2.75, 3.05) is 17.7 Å². The van der Waals surface area contributed by atoms with Crippen molar-refractivity contribution in [3.05, 3.63) is 23.8 Å². The number of esters is 1. The molecule has 1 aromatic carbocycles. The van der Waals surface area contributed by atoms with E-state index in [1.165, 1.54) is 7.11 Å². The molecule has 6 nitrogen and oxygen atoms in total. The molecule has 0 saturated heterocycles. The summed E-state index contributed by atoms with van der Waals surface area (Å²) >= 11 is 0. The van der Waals surface area contributed by atoms with Crippen molar-refractivity contribution in [1.82, 2.24) is 0 Å². The first-order chi connectivity index (χ1) is 9.08. The van der Waals surface area contributed by atoms with E-state index in [0.29, 0.717) is 18.5 Å². The number of amides is 2. The van der Waals surface area contributed by atoms with Crippen LogP contribution in [0.15, 0.2) is 18.2 Å². The number of aryl methyl sites for hydroxylation is 1. The van der Waals surface area contributed by atoms with Crippen LogP contribution in [0.3, 0.4) is 0 Å². The molecule has 2 amide bonds. The van der Waals surface area contributed by atoms with Gasteiger partial charge in [0.25, 0.3) is 0 Å². The Morgan fingerprint density at radius 1 is 1.37 bits per heavy atom. The molecule has 1 aliphatic rings. The highest BCUT2D eigenvalue weighted by Crippen LogP contribution is 2.25. The first-order valence-corrected chi connectivity index (χ1v) is 5.88. The molecule has 0 unspecified atom stereocenters. The van der Waals surface area contributed by atoms with E-state index < -0.39 is 11.9 Å². The highest BCUT2D eigenvalue weighted by atomic mass is 16.5. The maximum absolute atomic E-state index is 11.5. The van der Waals surface area contributed by atoms with Crippen LogP contribution in [0.2, 0.25) is 0 Å². The van der Waals surface area contributed by atoms with Crippen molar-refractivity contribution in [3.63, 3.8) is 0 Å². The summed E-state index contributed by atoms with van der Waals surface area (Å²) in [6.07, 6.45) is 0.763. The zero-order valence-electron chi connectivity index (χ0n) is 10.5. The first-order valence-electron chi connectivity index (χ1n) is 5.88. The van der Waals surface area contributed by atoms with Crippen molar-refractivity contribution >= 4 is 29.2 Å². The van der Waals surface area contributed by atoms with Crippen LogP contribution in [0, 0.1) is 0 Å². The van der Waals surface area contributed by atoms with Gasteiger partial charge in [-0.25, -0.2) is 0 Å². The fourth-order valence-corrected chi connectivity index (χ4v) is 1.87. The summed E-state index contributed by atoms with van der Waals surface area (Å²) in [7, 11) is 1.23. The third kappa shape index (κ3) is 3.31. The number of carbonyl (C=O) groups is 3. The second-order valence-corrected chi connectivity index (χ2v) is 4.22. The topological polar surface area (TPSA) is 84.5 Å². The summed E-state index contributed by atoms with van der Waals surface area (Å²) in [5.74, 6) is -1.01. The Kier molecular flexibility index (Phi) is 3.79. The number of benzene rings is 1. The smallest absolute Gasteiger partial charge is 0.315 e. The van der Waals surface area contributed by atoms with Gasteiger partial charge in [-0.1, -0.05) is 0 Å². The van der Waals surface area contributed by atoms with E-state index in [4.69, 9.17) is 0 Å². The van der Waals surface area contributed by atoms with Gasteiger partial charge in [-0.3, -0.25) is 14.4 Å². The molecule has 0 fully saturated rings. The molecule has 0 atom stereocenters. The van der Waals surface area contributed by atoms with E-state index in [9.17, 15) is 14.4 Å². The number of hydrogen-bond acceptors (Lipinski definition) is 4. The lowest BCUT2D eigenvalue weighted by Gasteiger charge is -2.17. The number of nitrogens with one attached hydrogen (secondary N) is 2. The molecule has 1 aromatic rings. The predicted octanol–water partition coefficient (Wildman–Crippen LogP) is 1.07. The Labute approximate surface area is 110 Å². The van der Waals surface area contributed by atoms with Gasteiger partial charge >= 0.3 is 5.97 Å². The molecule has 0 aliphatic carbocycles. The number of hydrogen-bond donors (Lipinski definition) is 2. The van der Waals surface area contributed by atoms with Gasteiger partial charge in [-0.15, -0.1) is 0 Å². The van der Waals surface area contributed by atoms with E-state index in [1.807, 2.05) is 0 Å². The van der Waals surface area contributed by atoms with E-state index >= 15 is 0 Å². The maximum Gasteiger partial charge on any atom is 0.315 e. The summed E-state index contributed by atoms with van der Waals surface area (Å²) in [5, 5.41) is 5.37. The standard InChI is InChI=1S/C13H14N2O4/c1-19-13(18)7-12(17)14-9-3-4-10-8(6-9)2-5-11(16)15-10/h3-4,6H,2,5,7H2,1H3,(H,14,17)(H,15,16). The number of fused-ring (bicyclic) bond motifs is 1. The van der Waals surface area contributed by atoms with Crippen molar-refractivity contribution in [1.29, 1.82) is 0 Å². The lowest BCUT2D eigenvalue weighted by atomic mass is 10.0. The van der Waals surface area contributed by atoms with Gasteiger partial charge in [0, 0.05) is 17.8 Å². The zero-order chi connectivity index (χ0) is 13.8. The second-order valence-electron chi connectivity index (χ2n) is 4.22. The fourth-order valence-electron chi connectivity index (χ4n) is 1.87. The van der Waals surface area contributed by atoms with Crippen LogP contribution in [0.4, 0.5) is 11.4 Å². The van der Waals surface area contributed by atoms with Gasteiger partial charge in [0.15, 0.2) is 0 Å². The Morgan fingerprint density at radius 2 is 2.16 bits per heavy atom. The van der Waals surface area contributed by atoms with Gasteiger partial charge in [-0.05, 0) is 30.2 Å². The minimum absolute atomic E-state index is 0.00465. The van der Waals surface area contributed by atoms with Gasteiger partial charge in [0.1, 0.15) is 6.42 Å². The van der Waals surface area contributed by atoms with Crippen molar-refractivity contribution in [3.8, 4) is 0 Å². The van der Waals surface area contributed by atoms with Gasteiger partial charge in [0.05, 0.1) is 7.11 Å². The largest absolute Gasteiger partial charge is 0.469 e. The average Bonchev–Trinajstić information content (AvgIpc) is 2.38. The summed E-state index contributed by atoms with van der Waals surface area (Å²) in [4.78, 5) is 33.7. The minimum atomic E-state index is -0.581. The van der Waals surface area contributed by atoms with Crippen molar-refractivity contribution < 1.29 is 19.1 Å². The number of anilines is 2. The monoisotopic (exact) mass is 262 g/mol. The molecule has 1 aliphatic heterocycles. The van der Waals surface area contributed by atoms with E-state index in [2.05, 4.69) is 15.4 Å². The number of rotatable bonds is 3. The maximum atomic E-state index is 11.5. The summed E-state index contributed by atoms with van der Waals surface area (Å²) < 4.78 is 4.41. The lowest BCUT2D eigenvalue weighted by Crippen LogP contribution is -2.20. The molecule has 1 heterocycles. The third-order valence-electron chi connectivity index (χ3n) is 2.82. The SMILES string of the molecule is COC(=O)CC(=O)Nc1ccc2c(c1)CCC(=O)N2. The Morgan fingerprint density at radius 3 is 2.89 bits per heavy atom. The molecule has 19 heavy (non-hydrogen) atoms. The van der Waals surface area contributed by atoms with Crippen molar-refractivity contribution in [2.45, 2.75) is 19.3 Å². The van der Waals surface area contributed by atoms with E-state index in [1.54, 1.807) is 18.2 Å². The molecule has 0 saturated carbocycles. The number of ether oxygens (including phenoxy) is 1. The molecule has 2 rings (SSSR count). The lowest BCUT2D eigenvalue weighted by molar-refractivity contribution is -0.142. The van der Waals surface area contributed by atoms with E-state index in [-0.39, 0.29) is 12.3 Å². The number of methoxy groups -OCH3 is 1. The fraction of sp³-hybridized carbons (Fsp3) is 0.308. The van der Waals surface area contributed by atoms with Crippen LogP contribution < -0.4 is 10.6 Å². The Hall–Kier alpha value is -2.37. The zero-order valence-corrected chi connectivity index (χ0v) is 10.5. The second kappa shape index (κ2) is 5.51. The minimum Gasteiger partial charge on any atom is -0.469 e.